The molecule has 1 aliphatic heterocycles. The summed E-state index contributed by atoms with van der Waals surface area (Å²) in [5.74, 6) is 1.74. The van der Waals surface area contributed by atoms with Gasteiger partial charge in [0.1, 0.15) is 0 Å². The van der Waals surface area contributed by atoms with E-state index in [1.165, 1.54) is 0 Å². The number of para-hydroxylation sites is 1. The van der Waals surface area contributed by atoms with Crippen LogP contribution in [0.15, 0.2) is 42.7 Å². The predicted molar refractivity (Wildman–Crippen MR) is 76.8 cm³/mol. The van der Waals surface area contributed by atoms with Crippen LogP contribution in [-0.2, 0) is 0 Å². The summed E-state index contributed by atoms with van der Waals surface area (Å²) >= 11 is 0. The fraction of sp³-hybridized carbons (Fsp3) is 0.286. The Morgan fingerprint density at radius 1 is 1.00 bits per heavy atom. The SMILES string of the molecule is c1ccc(Nc2nccnc2N2CCNCC2)cc1. The van der Waals surface area contributed by atoms with E-state index in [-0.39, 0.29) is 0 Å². The molecule has 0 amide bonds. The van der Waals surface area contributed by atoms with Crippen LogP contribution in [0.3, 0.4) is 0 Å². The van der Waals surface area contributed by atoms with Crippen molar-refractivity contribution in [3.8, 4) is 0 Å². The minimum Gasteiger partial charge on any atom is -0.351 e. The maximum absolute atomic E-state index is 4.47. The second-order valence-corrected chi connectivity index (χ2v) is 4.46. The maximum Gasteiger partial charge on any atom is 0.173 e. The van der Waals surface area contributed by atoms with Gasteiger partial charge >= 0.3 is 0 Å². The van der Waals surface area contributed by atoms with Crippen LogP contribution in [0, 0.1) is 0 Å². The number of benzene rings is 1. The highest BCUT2D eigenvalue weighted by molar-refractivity contribution is 5.68. The predicted octanol–water partition coefficient (Wildman–Crippen LogP) is 1.63. The van der Waals surface area contributed by atoms with E-state index in [4.69, 9.17) is 0 Å². The highest BCUT2D eigenvalue weighted by Gasteiger charge is 2.16. The fourth-order valence-corrected chi connectivity index (χ4v) is 2.19. The minimum absolute atomic E-state index is 0.815. The van der Waals surface area contributed by atoms with Crippen LogP contribution in [0.1, 0.15) is 0 Å². The number of nitrogens with zero attached hydrogens (tertiary/aromatic N) is 3. The van der Waals surface area contributed by atoms with Gasteiger partial charge in [-0.25, -0.2) is 9.97 Å². The minimum atomic E-state index is 0.815. The molecule has 1 aromatic carbocycles. The second kappa shape index (κ2) is 5.67. The van der Waals surface area contributed by atoms with Gasteiger partial charge in [-0.05, 0) is 12.1 Å². The van der Waals surface area contributed by atoms with E-state index in [0.29, 0.717) is 0 Å². The highest BCUT2D eigenvalue weighted by atomic mass is 15.3. The lowest BCUT2D eigenvalue weighted by Crippen LogP contribution is -2.44. The maximum atomic E-state index is 4.47. The number of aromatic nitrogens is 2. The molecule has 2 N–H and O–H groups in total. The number of rotatable bonds is 3. The normalized spacial score (nSPS) is 15.3. The molecule has 1 aromatic heterocycles. The smallest absolute Gasteiger partial charge is 0.173 e. The Labute approximate surface area is 112 Å². The number of nitrogens with one attached hydrogen (secondary N) is 2. The molecule has 98 valence electrons. The van der Waals surface area contributed by atoms with Crippen molar-refractivity contribution in [1.82, 2.24) is 15.3 Å². The summed E-state index contributed by atoms with van der Waals surface area (Å²) in [6.07, 6.45) is 3.46. The van der Waals surface area contributed by atoms with Crippen molar-refractivity contribution >= 4 is 17.3 Å². The molecular weight excluding hydrogens is 238 g/mol. The summed E-state index contributed by atoms with van der Waals surface area (Å²) < 4.78 is 0. The van der Waals surface area contributed by atoms with Gasteiger partial charge in [-0.3, -0.25) is 0 Å². The molecule has 1 fully saturated rings. The van der Waals surface area contributed by atoms with Gasteiger partial charge in [0.25, 0.3) is 0 Å². The van der Waals surface area contributed by atoms with Crippen molar-refractivity contribution in [3.63, 3.8) is 0 Å². The monoisotopic (exact) mass is 255 g/mol. The van der Waals surface area contributed by atoms with E-state index in [1.54, 1.807) is 12.4 Å². The Balaban J connectivity index is 1.84. The number of hydrogen-bond donors (Lipinski definition) is 2. The molecule has 19 heavy (non-hydrogen) atoms. The Kier molecular flexibility index (Phi) is 3.56. The third kappa shape index (κ3) is 2.82. The summed E-state index contributed by atoms with van der Waals surface area (Å²) in [4.78, 5) is 11.1. The topological polar surface area (TPSA) is 53.1 Å². The lowest BCUT2D eigenvalue weighted by molar-refractivity contribution is 0.585. The molecule has 1 aliphatic rings. The zero-order valence-corrected chi connectivity index (χ0v) is 10.7. The van der Waals surface area contributed by atoms with Crippen molar-refractivity contribution in [2.75, 3.05) is 36.4 Å². The van der Waals surface area contributed by atoms with Gasteiger partial charge in [-0.2, -0.15) is 0 Å². The Morgan fingerprint density at radius 2 is 1.74 bits per heavy atom. The molecule has 0 radical (unpaired) electrons. The molecule has 5 heteroatoms. The Hall–Kier alpha value is -2.14. The largest absolute Gasteiger partial charge is 0.351 e. The standard InChI is InChI=1S/C14H17N5/c1-2-4-12(5-3-1)18-13-14(17-7-6-16-13)19-10-8-15-9-11-19/h1-7,15H,8-11H2,(H,16,18). The van der Waals surface area contributed by atoms with Crippen molar-refractivity contribution in [2.45, 2.75) is 0 Å². The first kappa shape index (κ1) is 11.9. The zero-order valence-electron chi connectivity index (χ0n) is 10.7. The van der Waals surface area contributed by atoms with Gasteiger partial charge < -0.3 is 15.5 Å². The number of hydrogen-bond acceptors (Lipinski definition) is 5. The van der Waals surface area contributed by atoms with Gasteiger partial charge in [-0.15, -0.1) is 0 Å². The molecule has 5 nitrogen and oxygen atoms in total. The summed E-state index contributed by atoms with van der Waals surface area (Å²) in [6, 6.07) is 10.1. The lowest BCUT2D eigenvalue weighted by Gasteiger charge is -2.29. The molecule has 0 atom stereocenters. The molecule has 0 unspecified atom stereocenters. The van der Waals surface area contributed by atoms with Crippen LogP contribution in [0.25, 0.3) is 0 Å². The Bertz CT molecular complexity index is 522. The van der Waals surface area contributed by atoms with Crippen LogP contribution in [0.4, 0.5) is 17.3 Å². The quantitative estimate of drug-likeness (QED) is 0.873. The highest BCUT2D eigenvalue weighted by Crippen LogP contribution is 2.23. The molecule has 3 rings (SSSR count). The van der Waals surface area contributed by atoms with E-state index < -0.39 is 0 Å². The van der Waals surface area contributed by atoms with Crippen molar-refractivity contribution < 1.29 is 0 Å². The van der Waals surface area contributed by atoms with Gasteiger partial charge in [-0.1, -0.05) is 18.2 Å². The summed E-state index contributed by atoms with van der Waals surface area (Å²) in [5.41, 5.74) is 1.03. The van der Waals surface area contributed by atoms with Crippen LogP contribution in [-0.4, -0.2) is 36.1 Å². The molecule has 0 spiro atoms. The van der Waals surface area contributed by atoms with E-state index in [0.717, 1.165) is 43.5 Å². The molecule has 2 heterocycles. The average Bonchev–Trinajstić information content (AvgIpc) is 2.50. The lowest BCUT2D eigenvalue weighted by atomic mass is 10.3. The molecule has 1 saturated heterocycles. The van der Waals surface area contributed by atoms with Crippen molar-refractivity contribution in [2.24, 2.45) is 0 Å². The molecule has 0 bridgehead atoms. The van der Waals surface area contributed by atoms with Gasteiger partial charge in [0, 0.05) is 44.3 Å². The van der Waals surface area contributed by atoms with E-state index in [9.17, 15) is 0 Å². The molecule has 2 aromatic rings. The Morgan fingerprint density at radius 3 is 2.53 bits per heavy atom. The molecular formula is C14H17N5. The van der Waals surface area contributed by atoms with E-state index >= 15 is 0 Å². The van der Waals surface area contributed by atoms with E-state index in [2.05, 4.69) is 25.5 Å². The zero-order chi connectivity index (χ0) is 12.9. The van der Waals surface area contributed by atoms with Crippen LogP contribution in [0.2, 0.25) is 0 Å². The number of piperazine rings is 1. The van der Waals surface area contributed by atoms with E-state index in [1.807, 2.05) is 30.3 Å². The van der Waals surface area contributed by atoms with Crippen molar-refractivity contribution in [3.05, 3.63) is 42.7 Å². The average molecular weight is 255 g/mol. The van der Waals surface area contributed by atoms with Crippen LogP contribution < -0.4 is 15.5 Å². The summed E-state index contributed by atoms with van der Waals surface area (Å²) in [7, 11) is 0. The summed E-state index contributed by atoms with van der Waals surface area (Å²) in [5, 5.41) is 6.68. The molecule has 0 saturated carbocycles. The third-order valence-electron chi connectivity index (χ3n) is 3.13. The van der Waals surface area contributed by atoms with Gasteiger partial charge in [0.05, 0.1) is 0 Å². The first-order chi connectivity index (χ1) is 9.43. The first-order valence-corrected chi connectivity index (χ1v) is 6.52. The number of anilines is 3. The van der Waals surface area contributed by atoms with Crippen LogP contribution in [0.5, 0.6) is 0 Å². The van der Waals surface area contributed by atoms with Crippen molar-refractivity contribution in [1.29, 1.82) is 0 Å². The third-order valence-corrected chi connectivity index (χ3v) is 3.13. The summed E-state index contributed by atoms with van der Waals surface area (Å²) in [6.45, 7) is 3.90. The first-order valence-electron chi connectivity index (χ1n) is 6.52. The van der Waals surface area contributed by atoms with Gasteiger partial charge in [0.15, 0.2) is 11.6 Å². The van der Waals surface area contributed by atoms with Crippen LogP contribution >= 0.6 is 0 Å². The second-order valence-electron chi connectivity index (χ2n) is 4.46. The van der Waals surface area contributed by atoms with Gasteiger partial charge in [0.2, 0.25) is 0 Å². The molecule has 0 aliphatic carbocycles. The fourth-order valence-electron chi connectivity index (χ4n) is 2.19.